The van der Waals surface area contributed by atoms with E-state index in [4.69, 9.17) is 9.47 Å². The zero-order valence-electron chi connectivity index (χ0n) is 14.3. The van der Waals surface area contributed by atoms with Crippen molar-refractivity contribution in [3.63, 3.8) is 0 Å². The number of piperidine rings is 1. The standard InChI is InChI=1S/C21H23NO3/c23-20(18-4-2-1-3-5-18)19-8-6-17(7-9-19)16-22-12-10-21(11-13-22)24-14-15-25-21/h1-9H,10-16H2. The van der Waals surface area contributed by atoms with Crippen LogP contribution in [0.2, 0.25) is 0 Å². The second kappa shape index (κ2) is 7.08. The first-order valence-electron chi connectivity index (χ1n) is 8.93. The molecule has 4 heteroatoms. The first kappa shape index (κ1) is 16.5. The van der Waals surface area contributed by atoms with Crippen molar-refractivity contribution in [3.05, 3.63) is 71.3 Å². The van der Waals surface area contributed by atoms with Crippen molar-refractivity contribution in [2.75, 3.05) is 26.3 Å². The number of ketones is 1. The van der Waals surface area contributed by atoms with E-state index < -0.39 is 0 Å². The third kappa shape index (κ3) is 3.66. The zero-order valence-corrected chi connectivity index (χ0v) is 14.3. The number of carbonyl (C=O) groups excluding carboxylic acids is 1. The Labute approximate surface area is 148 Å². The van der Waals surface area contributed by atoms with Gasteiger partial charge < -0.3 is 9.47 Å². The van der Waals surface area contributed by atoms with Gasteiger partial charge in [-0.2, -0.15) is 0 Å². The summed E-state index contributed by atoms with van der Waals surface area (Å²) < 4.78 is 11.6. The zero-order chi connectivity index (χ0) is 17.1. The highest BCUT2D eigenvalue weighted by Crippen LogP contribution is 2.31. The molecule has 2 aromatic carbocycles. The van der Waals surface area contributed by atoms with E-state index in [1.54, 1.807) is 0 Å². The molecule has 0 amide bonds. The molecule has 2 aromatic rings. The van der Waals surface area contributed by atoms with E-state index in [-0.39, 0.29) is 11.6 Å². The van der Waals surface area contributed by atoms with Crippen molar-refractivity contribution in [2.45, 2.75) is 25.2 Å². The summed E-state index contributed by atoms with van der Waals surface area (Å²) in [5.74, 6) is -0.245. The molecule has 2 fully saturated rings. The molecule has 0 unspecified atom stereocenters. The van der Waals surface area contributed by atoms with Crippen molar-refractivity contribution < 1.29 is 14.3 Å². The van der Waals surface area contributed by atoms with Gasteiger partial charge in [-0.1, -0.05) is 54.6 Å². The van der Waals surface area contributed by atoms with E-state index in [0.717, 1.165) is 56.8 Å². The van der Waals surface area contributed by atoms with E-state index >= 15 is 0 Å². The lowest BCUT2D eigenvalue weighted by Gasteiger charge is -2.37. The molecule has 0 radical (unpaired) electrons. The molecule has 2 saturated heterocycles. The predicted molar refractivity (Wildman–Crippen MR) is 95.5 cm³/mol. The maximum atomic E-state index is 12.5. The van der Waals surface area contributed by atoms with Gasteiger partial charge in [0.05, 0.1) is 13.2 Å². The molecule has 0 N–H and O–H groups in total. The Balaban J connectivity index is 1.36. The van der Waals surface area contributed by atoms with E-state index in [0.29, 0.717) is 0 Å². The van der Waals surface area contributed by atoms with Crippen LogP contribution < -0.4 is 0 Å². The van der Waals surface area contributed by atoms with Crippen molar-refractivity contribution in [1.29, 1.82) is 0 Å². The minimum Gasteiger partial charge on any atom is -0.347 e. The van der Waals surface area contributed by atoms with Gasteiger partial charge in [-0.25, -0.2) is 0 Å². The van der Waals surface area contributed by atoms with Crippen molar-refractivity contribution in [3.8, 4) is 0 Å². The van der Waals surface area contributed by atoms with Crippen LogP contribution in [0.15, 0.2) is 54.6 Å². The van der Waals surface area contributed by atoms with Crippen molar-refractivity contribution in [2.24, 2.45) is 0 Å². The Kier molecular flexibility index (Phi) is 4.66. The van der Waals surface area contributed by atoms with Gasteiger partial charge >= 0.3 is 0 Å². The minimum absolute atomic E-state index is 0.0718. The van der Waals surface area contributed by atoms with Gasteiger partial charge in [-0.3, -0.25) is 9.69 Å². The van der Waals surface area contributed by atoms with E-state index in [2.05, 4.69) is 17.0 Å². The van der Waals surface area contributed by atoms with Gasteiger partial charge in [0.15, 0.2) is 11.6 Å². The van der Waals surface area contributed by atoms with Gasteiger partial charge in [0, 0.05) is 43.6 Å². The highest BCUT2D eigenvalue weighted by Gasteiger charge is 2.39. The molecule has 0 saturated carbocycles. The average molecular weight is 337 g/mol. The van der Waals surface area contributed by atoms with Gasteiger partial charge in [0.2, 0.25) is 0 Å². The topological polar surface area (TPSA) is 38.8 Å². The second-order valence-corrected chi connectivity index (χ2v) is 6.78. The first-order chi connectivity index (χ1) is 12.2. The quantitative estimate of drug-likeness (QED) is 0.803. The third-order valence-corrected chi connectivity index (χ3v) is 5.09. The second-order valence-electron chi connectivity index (χ2n) is 6.78. The number of nitrogens with zero attached hydrogens (tertiary/aromatic N) is 1. The van der Waals surface area contributed by atoms with Crippen LogP contribution in [0.5, 0.6) is 0 Å². The molecule has 1 spiro atoms. The molecular formula is C21H23NO3. The molecule has 4 nitrogen and oxygen atoms in total. The maximum absolute atomic E-state index is 12.5. The van der Waals surface area contributed by atoms with Crippen molar-refractivity contribution in [1.82, 2.24) is 4.90 Å². The smallest absolute Gasteiger partial charge is 0.193 e. The number of hydrogen-bond donors (Lipinski definition) is 0. The molecular weight excluding hydrogens is 314 g/mol. The Morgan fingerprint density at radius 2 is 1.48 bits per heavy atom. The van der Waals surface area contributed by atoms with Crippen LogP contribution in [-0.2, 0) is 16.0 Å². The Hall–Kier alpha value is -2.01. The minimum atomic E-state index is -0.317. The Morgan fingerprint density at radius 1 is 0.880 bits per heavy atom. The largest absolute Gasteiger partial charge is 0.347 e. The number of ether oxygens (including phenoxy) is 2. The summed E-state index contributed by atoms with van der Waals surface area (Å²) in [5.41, 5.74) is 2.70. The molecule has 0 atom stereocenters. The summed E-state index contributed by atoms with van der Waals surface area (Å²) in [6.07, 6.45) is 1.86. The molecule has 4 rings (SSSR count). The van der Waals surface area contributed by atoms with Crippen LogP contribution in [0.25, 0.3) is 0 Å². The lowest BCUT2D eigenvalue weighted by atomic mass is 10.0. The van der Waals surface area contributed by atoms with Crippen LogP contribution in [-0.4, -0.2) is 42.8 Å². The fourth-order valence-corrected chi connectivity index (χ4v) is 3.61. The van der Waals surface area contributed by atoms with Gasteiger partial charge in [-0.15, -0.1) is 0 Å². The number of benzene rings is 2. The lowest BCUT2D eigenvalue weighted by molar-refractivity contribution is -0.185. The molecule has 2 aliphatic rings. The van der Waals surface area contributed by atoms with E-state index in [1.165, 1.54) is 5.56 Å². The Morgan fingerprint density at radius 3 is 2.12 bits per heavy atom. The van der Waals surface area contributed by atoms with Crippen LogP contribution in [0, 0.1) is 0 Å². The summed E-state index contributed by atoms with van der Waals surface area (Å²) in [5, 5.41) is 0. The SMILES string of the molecule is O=C(c1ccccc1)c1ccc(CN2CCC3(CC2)OCCO3)cc1. The number of rotatable bonds is 4. The van der Waals surface area contributed by atoms with Gasteiger partial charge in [0.25, 0.3) is 0 Å². The normalized spacial score (nSPS) is 20.0. The number of likely N-dealkylation sites (tertiary alicyclic amines) is 1. The average Bonchev–Trinajstić information content (AvgIpc) is 3.13. The van der Waals surface area contributed by atoms with Crippen LogP contribution in [0.1, 0.15) is 34.3 Å². The summed E-state index contributed by atoms with van der Waals surface area (Å²) in [4.78, 5) is 14.9. The summed E-state index contributed by atoms with van der Waals surface area (Å²) >= 11 is 0. The van der Waals surface area contributed by atoms with Crippen LogP contribution in [0.4, 0.5) is 0 Å². The lowest BCUT2D eigenvalue weighted by Crippen LogP contribution is -2.44. The van der Waals surface area contributed by atoms with E-state index in [1.807, 2.05) is 42.5 Å². The number of carbonyl (C=O) groups is 1. The van der Waals surface area contributed by atoms with Crippen LogP contribution >= 0.6 is 0 Å². The Bertz CT molecular complexity index is 711. The molecule has 130 valence electrons. The first-order valence-corrected chi connectivity index (χ1v) is 8.93. The highest BCUT2D eigenvalue weighted by molar-refractivity contribution is 6.08. The maximum Gasteiger partial charge on any atom is 0.193 e. The molecule has 0 aliphatic carbocycles. The van der Waals surface area contributed by atoms with E-state index in [9.17, 15) is 4.79 Å². The highest BCUT2D eigenvalue weighted by atomic mass is 16.7. The molecule has 0 bridgehead atoms. The summed E-state index contributed by atoms with van der Waals surface area (Å²) in [7, 11) is 0. The molecule has 0 aromatic heterocycles. The summed E-state index contributed by atoms with van der Waals surface area (Å²) in [6.45, 7) is 4.29. The fourth-order valence-electron chi connectivity index (χ4n) is 3.61. The summed E-state index contributed by atoms with van der Waals surface area (Å²) in [6, 6.07) is 17.4. The van der Waals surface area contributed by atoms with Gasteiger partial charge in [-0.05, 0) is 5.56 Å². The fraction of sp³-hybridized carbons (Fsp3) is 0.381. The molecule has 2 heterocycles. The van der Waals surface area contributed by atoms with Crippen molar-refractivity contribution >= 4 is 5.78 Å². The van der Waals surface area contributed by atoms with Crippen LogP contribution in [0.3, 0.4) is 0 Å². The third-order valence-electron chi connectivity index (χ3n) is 5.09. The number of hydrogen-bond acceptors (Lipinski definition) is 4. The predicted octanol–water partition coefficient (Wildman–Crippen LogP) is 3.26. The van der Waals surface area contributed by atoms with Gasteiger partial charge in [0.1, 0.15) is 0 Å². The molecule has 25 heavy (non-hydrogen) atoms. The molecule has 2 aliphatic heterocycles. The monoisotopic (exact) mass is 337 g/mol.